The number of carbonyl (C=O) groups excluding carboxylic acids is 1. The Kier molecular flexibility index (Phi) is 5.21. The minimum Gasteiger partial charge on any atom is -0.317 e. The van der Waals surface area contributed by atoms with Gasteiger partial charge in [-0.05, 0) is 44.4 Å². The van der Waals surface area contributed by atoms with Gasteiger partial charge in [0.2, 0.25) is 0 Å². The molecule has 0 saturated heterocycles. The molecule has 0 aliphatic carbocycles. The SMILES string of the molecule is CCCn1ccc(C(=O)Nc2c(C)nn(Cc3ccccc3C)c2C)n1. The topological polar surface area (TPSA) is 64.7 Å². The largest absolute Gasteiger partial charge is 0.317 e. The monoisotopic (exact) mass is 351 g/mol. The predicted molar refractivity (Wildman–Crippen MR) is 102 cm³/mol. The molecule has 3 rings (SSSR count). The molecule has 0 fully saturated rings. The van der Waals surface area contributed by atoms with Gasteiger partial charge >= 0.3 is 0 Å². The number of anilines is 1. The number of rotatable bonds is 6. The van der Waals surface area contributed by atoms with E-state index in [1.165, 1.54) is 11.1 Å². The fraction of sp³-hybridized carbons (Fsp3) is 0.350. The highest BCUT2D eigenvalue weighted by atomic mass is 16.2. The zero-order valence-electron chi connectivity index (χ0n) is 15.8. The molecule has 2 aromatic heterocycles. The minimum atomic E-state index is -0.207. The number of aromatic nitrogens is 4. The number of hydrogen-bond acceptors (Lipinski definition) is 3. The molecule has 0 bridgehead atoms. The molecule has 136 valence electrons. The standard InChI is InChI=1S/C20H25N5O/c1-5-11-24-12-10-18(23-24)20(26)21-19-15(3)22-25(16(19)4)13-17-9-7-6-8-14(17)2/h6-10,12H,5,11,13H2,1-4H3,(H,21,26). The van der Waals surface area contributed by atoms with E-state index in [1.807, 2.05) is 36.9 Å². The molecule has 0 unspecified atom stereocenters. The second-order valence-corrected chi connectivity index (χ2v) is 6.55. The summed E-state index contributed by atoms with van der Waals surface area (Å²) in [4.78, 5) is 12.5. The zero-order chi connectivity index (χ0) is 18.7. The summed E-state index contributed by atoms with van der Waals surface area (Å²) < 4.78 is 3.72. The summed E-state index contributed by atoms with van der Waals surface area (Å²) in [5.41, 5.74) is 5.36. The van der Waals surface area contributed by atoms with Gasteiger partial charge < -0.3 is 5.32 Å². The van der Waals surface area contributed by atoms with E-state index in [1.54, 1.807) is 10.7 Å². The Morgan fingerprint density at radius 1 is 1.12 bits per heavy atom. The van der Waals surface area contributed by atoms with Gasteiger partial charge in [0.25, 0.3) is 5.91 Å². The Bertz CT molecular complexity index is 922. The maximum absolute atomic E-state index is 12.5. The molecule has 0 spiro atoms. The molecule has 0 saturated carbocycles. The number of benzene rings is 1. The first-order valence-corrected chi connectivity index (χ1v) is 8.93. The van der Waals surface area contributed by atoms with Gasteiger partial charge in [-0.1, -0.05) is 31.2 Å². The quantitative estimate of drug-likeness (QED) is 0.736. The van der Waals surface area contributed by atoms with Crippen LogP contribution in [0.25, 0.3) is 0 Å². The lowest BCUT2D eigenvalue weighted by Crippen LogP contribution is -2.15. The molecule has 3 aromatic rings. The summed E-state index contributed by atoms with van der Waals surface area (Å²) >= 11 is 0. The molecule has 0 aliphatic rings. The van der Waals surface area contributed by atoms with Crippen molar-refractivity contribution in [2.75, 3.05) is 5.32 Å². The number of amides is 1. The van der Waals surface area contributed by atoms with Gasteiger partial charge in [-0.25, -0.2) is 0 Å². The number of aryl methyl sites for hydroxylation is 3. The van der Waals surface area contributed by atoms with Crippen molar-refractivity contribution in [3.8, 4) is 0 Å². The lowest BCUT2D eigenvalue weighted by Gasteiger charge is -2.08. The van der Waals surface area contributed by atoms with Crippen molar-refractivity contribution < 1.29 is 4.79 Å². The van der Waals surface area contributed by atoms with Crippen molar-refractivity contribution in [3.05, 3.63) is 64.7 Å². The van der Waals surface area contributed by atoms with Crippen LogP contribution in [0.3, 0.4) is 0 Å². The average molecular weight is 351 g/mol. The van der Waals surface area contributed by atoms with E-state index in [2.05, 4.69) is 41.5 Å². The third kappa shape index (κ3) is 3.69. The molecule has 1 aromatic carbocycles. The second-order valence-electron chi connectivity index (χ2n) is 6.55. The molecule has 0 atom stereocenters. The fourth-order valence-corrected chi connectivity index (χ4v) is 2.99. The molecule has 6 heteroatoms. The maximum atomic E-state index is 12.5. The fourth-order valence-electron chi connectivity index (χ4n) is 2.99. The van der Waals surface area contributed by atoms with Crippen LogP contribution in [-0.2, 0) is 13.1 Å². The van der Waals surface area contributed by atoms with E-state index in [0.717, 1.165) is 30.0 Å². The third-order valence-electron chi connectivity index (χ3n) is 4.53. The van der Waals surface area contributed by atoms with Crippen LogP contribution < -0.4 is 5.32 Å². The Morgan fingerprint density at radius 3 is 2.62 bits per heavy atom. The van der Waals surface area contributed by atoms with Crippen LogP contribution in [0.15, 0.2) is 36.5 Å². The van der Waals surface area contributed by atoms with Crippen LogP contribution in [0.5, 0.6) is 0 Å². The first-order valence-electron chi connectivity index (χ1n) is 8.93. The van der Waals surface area contributed by atoms with Gasteiger partial charge in [0.1, 0.15) is 0 Å². The molecule has 1 N–H and O–H groups in total. The molecular weight excluding hydrogens is 326 g/mol. The first kappa shape index (κ1) is 17.9. The molecule has 2 heterocycles. The average Bonchev–Trinajstić information content (AvgIpc) is 3.18. The van der Waals surface area contributed by atoms with Gasteiger partial charge in [0.05, 0.1) is 23.6 Å². The zero-order valence-corrected chi connectivity index (χ0v) is 15.8. The smallest absolute Gasteiger partial charge is 0.276 e. The van der Waals surface area contributed by atoms with Crippen LogP contribution in [0.4, 0.5) is 5.69 Å². The Labute approximate surface area is 153 Å². The summed E-state index contributed by atoms with van der Waals surface area (Å²) in [6, 6.07) is 10.0. The molecular formula is C20H25N5O. The van der Waals surface area contributed by atoms with E-state index in [0.29, 0.717) is 12.2 Å². The van der Waals surface area contributed by atoms with E-state index in [-0.39, 0.29) is 5.91 Å². The van der Waals surface area contributed by atoms with Crippen LogP contribution >= 0.6 is 0 Å². The van der Waals surface area contributed by atoms with Crippen molar-refractivity contribution >= 4 is 11.6 Å². The van der Waals surface area contributed by atoms with Crippen molar-refractivity contribution in [2.45, 2.75) is 47.2 Å². The summed E-state index contributed by atoms with van der Waals surface area (Å²) in [6.45, 7) is 9.55. The van der Waals surface area contributed by atoms with E-state index in [9.17, 15) is 4.79 Å². The molecule has 0 aliphatic heterocycles. The van der Waals surface area contributed by atoms with Gasteiger partial charge in [-0.2, -0.15) is 10.2 Å². The Morgan fingerprint density at radius 2 is 1.88 bits per heavy atom. The number of carbonyl (C=O) groups is 1. The van der Waals surface area contributed by atoms with Gasteiger partial charge in [0.15, 0.2) is 5.69 Å². The summed E-state index contributed by atoms with van der Waals surface area (Å²) in [7, 11) is 0. The molecule has 6 nitrogen and oxygen atoms in total. The Balaban J connectivity index is 1.79. The predicted octanol–water partition coefficient (Wildman–Crippen LogP) is 3.72. The number of hydrogen-bond donors (Lipinski definition) is 1. The van der Waals surface area contributed by atoms with E-state index < -0.39 is 0 Å². The highest BCUT2D eigenvalue weighted by molar-refractivity contribution is 6.03. The van der Waals surface area contributed by atoms with Crippen LogP contribution in [-0.4, -0.2) is 25.5 Å². The molecule has 0 radical (unpaired) electrons. The van der Waals surface area contributed by atoms with Crippen molar-refractivity contribution in [2.24, 2.45) is 0 Å². The lowest BCUT2D eigenvalue weighted by atomic mass is 10.1. The molecule has 26 heavy (non-hydrogen) atoms. The van der Waals surface area contributed by atoms with Crippen molar-refractivity contribution in [1.29, 1.82) is 0 Å². The van der Waals surface area contributed by atoms with Crippen LogP contribution in [0, 0.1) is 20.8 Å². The second kappa shape index (κ2) is 7.56. The number of nitrogens with zero attached hydrogens (tertiary/aromatic N) is 4. The summed E-state index contributed by atoms with van der Waals surface area (Å²) in [6.07, 6.45) is 2.81. The minimum absolute atomic E-state index is 0.207. The first-order chi connectivity index (χ1) is 12.5. The van der Waals surface area contributed by atoms with Crippen LogP contribution in [0.1, 0.15) is 46.3 Å². The molecule has 1 amide bonds. The van der Waals surface area contributed by atoms with Gasteiger partial charge in [-0.3, -0.25) is 14.2 Å². The van der Waals surface area contributed by atoms with Gasteiger partial charge in [-0.15, -0.1) is 0 Å². The summed E-state index contributed by atoms with van der Waals surface area (Å²) in [5, 5.41) is 11.9. The lowest BCUT2D eigenvalue weighted by molar-refractivity contribution is 0.102. The Hall–Kier alpha value is -2.89. The van der Waals surface area contributed by atoms with Crippen LogP contribution in [0.2, 0.25) is 0 Å². The highest BCUT2D eigenvalue weighted by Crippen LogP contribution is 2.22. The van der Waals surface area contributed by atoms with Crippen molar-refractivity contribution in [3.63, 3.8) is 0 Å². The van der Waals surface area contributed by atoms with E-state index >= 15 is 0 Å². The van der Waals surface area contributed by atoms with Gasteiger partial charge in [0, 0.05) is 12.7 Å². The highest BCUT2D eigenvalue weighted by Gasteiger charge is 2.17. The number of nitrogens with one attached hydrogen (secondary N) is 1. The van der Waals surface area contributed by atoms with Crippen molar-refractivity contribution in [1.82, 2.24) is 19.6 Å². The maximum Gasteiger partial charge on any atom is 0.276 e. The normalized spacial score (nSPS) is 10.9. The van der Waals surface area contributed by atoms with E-state index in [4.69, 9.17) is 0 Å². The third-order valence-corrected chi connectivity index (χ3v) is 4.53. The summed E-state index contributed by atoms with van der Waals surface area (Å²) in [5.74, 6) is -0.207.